The molecule has 7 nitrogen and oxygen atoms in total. The number of likely N-dealkylation sites (N-methyl/N-ethyl adjacent to an activating group) is 1. The van der Waals surface area contributed by atoms with Crippen molar-refractivity contribution in [2.75, 3.05) is 31.8 Å². The van der Waals surface area contributed by atoms with E-state index in [-0.39, 0.29) is 23.1 Å². The molecule has 0 aromatic heterocycles. The zero-order valence-corrected chi connectivity index (χ0v) is 14.5. The minimum atomic E-state index is -3.09. The number of hydrogen-bond acceptors (Lipinski definition) is 6. The SMILES string of the molecule is CCN(C(=O)COC(=O)c1ccccc1OC)C1CCS(=O)(=O)C1. The van der Waals surface area contributed by atoms with Gasteiger partial charge in [-0.15, -0.1) is 0 Å². The number of amides is 1. The minimum absolute atomic E-state index is 0.0347. The number of hydrogen-bond donors (Lipinski definition) is 0. The highest BCUT2D eigenvalue weighted by molar-refractivity contribution is 7.91. The van der Waals surface area contributed by atoms with Crippen molar-refractivity contribution in [1.82, 2.24) is 4.90 Å². The molecule has 24 heavy (non-hydrogen) atoms. The number of rotatable bonds is 6. The Bertz CT molecular complexity index is 715. The van der Waals surface area contributed by atoms with Crippen LogP contribution in [0.25, 0.3) is 0 Å². The topological polar surface area (TPSA) is 90.0 Å². The Hall–Kier alpha value is -2.09. The Kier molecular flexibility index (Phi) is 5.82. The average Bonchev–Trinajstić information content (AvgIpc) is 2.92. The fraction of sp³-hybridized carbons (Fsp3) is 0.500. The quantitative estimate of drug-likeness (QED) is 0.704. The van der Waals surface area contributed by atoms with Gasteiger partial charge in [-0.05, 0) is 25.5 Å². The first-order valence-corrected chi connectivity index (χ1v) is 9.50. The Balaban J connectivity index is 1.97. The maximum atomic E-state index is 12.3. The monoisotopic (exact) mass is 355 g/mol. The lowest BCUT2D eigenvalue weighted by Gasteiger charge is -2.26. The van der Waals surface area contributed by atoms with Crippen molar-refractivity contribution in [2.45, 2.75) is 19.4 Å². The Morgan fingerprint density at radius 1 is 1.29 bits per heavy atom. The summed E-state index contributed by atoms with van der Waals surface area (Å²) in [7, 11) is -1.64. The summed E-state index contributed by atoms with van der Waals surface area (Å²) in [5.41, 5.74) is 0.235. The van der Waals surface area contributed by atoms with E-state index in [2.05, 4.69) is 0 Å². The first kappa shape index (κ1) is 18.3. The number of methoxy groups -OCH3 is 1. The predicted octanol–water partition coefficient (Wildman–Crippen LogP) is 0.888. The molecular formula is C16H21NO6S. The van der Waals surface area contributed by atoms with Gasteiger partial charge in [-0.1, -0.05) is 12.1 Å². The minimum Gasteiger partial charge on any atom is -0.496 e. The number of carbonyl (C=O) groups is 2. The highest BCUT2D eigenvalue weighted by Crippen LogP contribution is 2.20. The number of ether oxygens (including phenoxy) is 2. The second kappa shape index (κ2) is 7.65. The van der Waals surface area contributed by atoms with Gasteiger partial charge >= 0.3 is 5.97 Å². The first-order valence-electron chi connectivity index (χ1n) is 7.68. The van der Waals surface area contributed by atoms with Crippen molar-refractivity contribution in [3.05, 3.63) is 29.8 Å². The summed E-state index contributed by atoms with van der Waals surface area (Å²) in [6, 6.07) is 6.22. The van der Waals surface area contributed by atoms with Crippen molar-refractivity contribution in [2.24, 2.45) is 0 Å². The second-order valence-electron chi connectivity index (χ2n) is 5.51. The zero-order chi connectivity index (χ0) is 17.7. The van der Waals surface area contributed by atoms with Crippen LogP contribution in [0.4, 0.5) is 0 Å². The van der Waals surface area contributed by atoms with Gasteiger partial charge in [-0.2, -0.15) is 0 Å². The zero-order valence-electron chi connectivity index (χ0n) is 13.7. The molecule has 2 rings (SSSR count). The van der Waals surface area contributed by atoms with Crippen LogP contribution < -0.4 is 4.74 Å². The fourth-order valence-corrected chi connectivity index (χ4v) is 4.49. The summed E-state index contributed by atoms with van der Waals surface area (Å²) < 4.78 is 33.3. The van der Waals surface area contributed by atoms with Crippen molar-refractivity contribution in [3.8, 4) is 5.75 Å². The van der Waals surface area contributed by atoms with Crippen LogP contribution >= 0.6 is 0 Å². The maximum Gasteiger partial charge on any atom is 0.342 e. The summed E-state index contributed by atoms with van der Waals surface area (Å²) in [4.78, 5) is 25.8. The van der Waals surface area contributed by atoms with Crippen LogP contribution in [0.5, 0.6) is 5.75 Å². The van der Waals surface area contributed by atoms with Crippen LogP contribution in [0.2, 0.25) is 0 Å². The van der Waals surface area contributed by atoms with E-state index < -0.39 is 28.3 Å². The van der Waals surface area contributed by atoms with Gasteiger partial charge in [0.05, 0.1) is 18.6 Å². The molecule has 0 aliphatic carbocycles. The van der Waals surface area contributed by atoms with Crippen LogP contribution in [0, 0.1) is 0 Å². The van der Waals surface area contributed by atoms with Gasteiger partial charge in [-0.25, -0.2) is 13.2 Å². The molecule has 132 valence electrons. The van der Waals surface area contributed by atoms with Crippen LogP contribution in [-0.2, 0) is 19.4 Å². The van der Waals surface area contributed by atoms with E-state index in [1.54, 1.807) is 31.2 Å². The van der Waals surface area contributed by atoms with Crippen LogP contribution in [0.15, 0.2) is 24.3 Å². The van der Waals surface area contributed by atoms with Gasteiger partial charge in [0, 0.05) is 12.6 Å². The molecule has 0 radical (unpaired) electrons. The number of esters is 1. The number of benzene rings is 1. The third-order valence-electron chi connectivity index (χ3n) is 3.96. The van der Waals surface area contributed by atoms with Gasteiger partial charge in [-0.3, -0.25) is 4.79 Å². The second-order valence-corrected chi connectivity index (χ2v) is 7.74. The van der Waals surface area contributed by atoms with Crippen LogP contribution in [0.3, 0.4) is 0 Å². The molecule has 1 atom stereocenters. The summed E-state index contributed by atoms with van der Waals surface area (Å²) in [6.07, 6.45) is 0.419. The summed E-state index contributed by atoms with van der Waals surface area (Å²) >= 11 is 0. The number of para-hydroxylation sites is 1. The van der Waals surface area contributed by atoms with E-state index in [4.69, 9.17) is 9.47 Å². The molecule has 1 heterocycles. The summed E-state index contributed by atoms with van der Waals surface area (Å²) in [5.74, 6) is -0.641. The molecule has 8 heteroatoms. The largest absolute Gasteiger partial charge is 0.496 e. The van der Waals surface area contributed by atoms with Crippen molar-refractivity contribution in [3.63, 3.8) is 0 Å². The third kappa shape index (κ3) is 4.25. The molecular weight excluding hydrogens is 334 g/mol. The smallest absolute Gasteiger partial charge is 0.342 e. The highest BCUT2D eigenvalue weighted by atomic mass is 32.2. The molecule has 0 saturated carbocycles. The Morgan fingerprint density at radius 2 is 2.00 bits per heavy atom. The van der Waals surface area contributed by atoms with E-state index in [1.165, 1.54) is 12.0 Å². The predicted molar refractivity (Wildman–Crippen MR) is 87.7 cm³/mol. The Labute approximate surface area is 141 Å². The molecule has 0 bridgehead atoms. The van der Waals surface area contributed by atoms with E-state index in [0.717, 1.165) is 0 Å². The lowest BCUT2D eigenvalue weighted by molar-refractivity contribution is -0.136. The molecule has 1 saturated heterocycles. The van der Waals surface area contributed by atoms with E-state index in [0.29, 0.717) is 18.7 Å². The Morgan fingerprint density at radius 3 is 2.58 bits per heavy atom. The van der Waals surface area contributed by atoms with Crippen molar-refractivity contribution < 1.29 is 27.5 Å². The molecule has 1 aromatic rings. The molecule has 1 amide bonds. The van der Waals surface area contributed by atoms with Gasteiger partial charge in [0.15, 0.2) is 16.4 Å². The first-order chi connectivity index (χ1) is 11.4. The molecule has 1 aliphatic heterocycles. The van der Waals surface area contributed by atoms with Crippen molar-refractivity contribution in [1.29, 1.82) is 0 Å². The molecule has 0 spiro atoms. The molecule has 0 N–H and O–H groups in total. The average molecular weight is 355 g/mol. The molecule has 1 aromatic carbocycles. The standard InChI is InChI=1S/C16H21NO6S/c1-3-17(12-8-9-24(20,21)11-12)15(18)10-23-16(19)13-6-4-5-7-14(13)22-2/h4-7,12H,3,8-11H2,1-2H3. The lowest BCUT2D eigenvalue weighted by Crippen LogP contribution is -2.43. The third-order valence-corrected chi connectivity index (χ3v) is 5.71. The normalized spacial score (nSPS) is 18.8. The number of carbonyl (C=O) groups excluding carboxylic acids is 2. The maximum absolute atomic E-state index is 12.3. The van der Waals surface area contributed by atoms with Gasteiger partial charge < -0.3 is 14.4 Å². The number of sulfone groups is 1. The molecule has 1 fully saturated rings. The van der Waals surface area contributed by atoms with Crippen LogP contribution in [0.1, 0.15) is 23.7 Å². The molecule has 1 unspecified atom stereocenters. The van der Waals surface area contributed by atoms with Crippen LogP contribution in [-0.4, -0.2) is 63.0 Å². The summed E-state index contributed by atoms with van der Waals surface area (Å²) in [6.45, 7) is 1.71. The fourth-order valence-electron chi connectivity index (χ4n) is 2.76. The van der Waals surface area contributed by atoms with Gasteiger partial charge in [0.2, 0.25) is 0 Å². The van der Waals surface area contributed by atoms with E-state index in [9.17, 15) is 18.0 Å². The van der Waals surface area contributed by atoms with Gasteiger partial charge in [0.25, 0.3) is 5.91 Å². The summed E-state index contributed by atoms with van der Waals surface area (Å²) in [5, 5.41) is 0. The highest BCUT2D eigenvalue weighted by Gasteiger charge is 2.34. The van der Waals surface area contributed by atoms with E-state index >= 15 is 0 Å². The van der Waals surface area contributed by atoms with Gasteiger partial charge in [0.1, 0.15) is 11.3 Å². The molecule has 1 aliphatic rings. The van der Waals surface area contributed by atoms with Crippen molar-refractivity contribution >= 4 is 21.7 Å². The number of nitrogens with zero attached hydrogens (tertiary/aromatic N) is 1. The lowest BCUT2D eigenvalue weighted by atomic mass is 10.2. The van der Waals surface area contributed by atoms with E-state index in [1.807, 2.05) is 0 Å².